The molecule has 1 aromatic heterocycles. The molecule has 1 aliphatic heterocycles. The molecule has 2 aromatic rings. The molecule has 7 heteroatoms. The maximum atomic E-state index is 11.9. The molecular weight excluding hydrogens is 353 g/mol. The molecule has 1 amide bonds. The largest absolute Gasteiger partial charge is 0.355 e. The molecule has 0 saturated carbocycles. The molecule has 0 bridgehead atoms. The molecule has 1 saturated heterocycles. The maximum Gasteiger partial charge on any atom is 0.226 e. The lowest BCUT2D eigenvalue weighted by Gasteiger charge is -2.26. The zero-order chi connectivity index (χ0) is 14.5. The van der Waals surface area contributed by atoms with E-state index in [1.807, 2.05) is 23.6 Å². The van der Waals surface area contributed by atoms with Gasteiger partial charge in [-0.25, -0.2) is 4.98 Å². The van der Waals surface area contributed by atoms with Crippen molar-refractivity contribution in [3.05, 3.63) is 52.0 Å². The molecule has 0 unspecified atom stereocenters. The van der Waals surface area contributed by atoms with Gasteiger partial charge >= 0.3 is 0 Å². The van der Waals surface area contributed by atoms with Crippen molar-refractivity contribution in [3.63, 3.8) is 0 Å². The number of benzene rings is 1. The van der Waals surface area contributed by atoms with E-state index in [0.29, 0.717) is 12.3 Å². The van der Waals surface area contributed by atoms with Crippen LogP contribution in [0.4, 0.5) is 0 Å². The molecule has 0 aliphatic carbocycles. The van der Waals surface area contributed by atoms with E-state index in [1.165, 1.54) is 5.56 Å². The Morgan fingerprint density at radius 2 is 2.00 bits per heavy atom. The average molecular weight is 374 g/mol. The molecule has 0 radical (unpaired) electrons. The highest BCUT2D eigenvalue weighted by Gasteiger charge is 2.17. The van der Waals surface area contributed by atoms with Crippen LogP contribution in [0.3, 0.4) is 0 Å². The van der Waals surface area contributed by atoms with Gasteiger partial charge in [0.15, 0.2) is 0 Å². The second-order valence-electron chi connectivity index (χ2n) is 5.40. The predicted molar refractivity (Wildman–Crippen MR) is 98.9 cm³/mol. The van der Waals surface area contributed by atoms with Crippen molar-refractivity contribution in [2.45, 2.75) is 12.8 Å². The summed E-state index contributed by atoms with van der Waals surface area (Å²) in [5, 5.41) is 9.23. The molecular formula is C16H21Cl2N3OS. The molecule has 1 fully saturated rings. The zero-order valence-electron chi connectivity index (χ0n) is 12.7. The second-order valence-corrected chi connectivity index (χ2v) is 6.34. The van der Waals surface area contributed by atoms with Crippen LogP contribution in [0, 0.1) is 5.92 Å². The Kier molecular flexibility index (Phi) is 8.55. The van der Waals surface area contributed by atoms with Gasteiger partial charge in [-0.05, 0) is 5.56 Å². The summed E-state index contributed by atoms with van der Waals surface area (Å²) >= 11 is 1.63. The summed E-state index contributed by atoms with van der Waals surface area (Å²) in [7, 11) is 0. The number of hydrogen-bond donors (Lipinski definition) is 2. The maximum absolute atomic E-state index is 11.9. The Morgan fingerprint density at radius 3 is 2.65 bits per heavy atom. The molecule has 3 rings (SSSR count). The third-order valence-electron chi connectivity index (χ3n) is 3.59. The van der Waals surface area contributed by atoms with Crippen molar-refractivity contribution in [2.75, 3.05) is 19.6 Å². The standard InChI is InChI=1S/C16H19N3OS.2ClH/c20-15(18-10-13-8-17-9-13)7-14-11-21-16(19-14)6-12-4-2-1-3-5-12;;/h1-5,11,13,17H,6-10H2,(H,18,20);2*1H. The lowest BCUT2D eigenvalue weighted by atomic mass is 10.0. The van der Waals surface area contributed by atoms with Crippen LogP contribution in [0.5, 0.6) is 0 Å². The summed E-state index contributed by atoms with van der Waals surface area (Å²) in [4.78, 5) is 16.4. The summed E-state index contributed by atoms with van der Waals surface area (Å²) < 4.78 is 0. The average Bonchev–Trinajstić information content (AvgIpc) is 2.85. The smallest absolute Gasteiger partial charge is 0.226 e. The highest BCUT2D eigenvalue weighted by Crippen LogP contribution is 2.15. The van der Waals surface area contributed by atoms with Crippen LogP contribution in [0.2, 0.25) is 0 Å². The van der Waals surface area contributed by atoms with Gasteiger partial charge in [-0.1, -0.05) is 30.3 Å². The van der Waals surface area contributed by atoms with Crippen LogP contribution in [-0.4, -0.2) is 30.5 Å². The Morgan fingerprint density at radius 1 is 1.26 bits per heavy atom. The van der Waals surface area contributed by atoms with Crippen molar-refractivity contribution < 1.29 is 4.79 Å². The Bertz CT molecular complexity index is 602. The molecule has 4 nitrogen and oxygen atoms in total. The highest BCUT2D eigenvalue weighted by molar-refractivity contribution is 7.09. The number of aromatic nitrogens is 1. The molecule has 2 N–H and O–H groups in total. The minimum Gasteiger partial charge on any atom is -0.355 e. The summed E-state index contributed by atoms with van der Waals surface area (Å²) in [5.74, 6) is 0.663. The summed E-state index contributed by atoms with van der Waals surface area (Å²) in [6.45, 7) is 2.79. The Hall–Kier alpha value is -1.14. The van der Waals surface area contributed by atoms with E-state index in [4.69, 9.17) is 0 Å². The SMILES string of the molecule is Cl.Cl.O=C(Cc1csc(Cc2ccccc2)n1)NCC1CNC1. The number of nitrogens with one attached hydrogen (secondary N) is 2. The van der Waals surface area contributed by atoms with Crippen molar-refractivity contribution in [3.8, 4) is 0 Å². The van der Waals surface area contributed by atoms with Crippen LogP contribution >= 0.6 is 36.2 Å². The first-order valence-electron chi connectivity index (χ1n) is 7.24. The third kappa shape index (κ3) is 6.11. The fraction of sp³-hybridized carbons (Fsp3) is 0.375. The lowest BCUT2D eigenvalue weighted by molar-refractivity contribution is -0.120. The van der Waals surface area contributed by atoms with Gasteiger partial charge in [0.2, 0.25) is 5.91 Å². The van der Waals surface area contributed by atoms with Gasteiger partial charge < -0.3 is 10.6 Å². The number of thiazole rings is 1. The van der Waals surface area contributed by atoms with Crippen LogP contribution in [0.1, 0.15) is 16.3 Å². The van der Waals surface area contributed by atoms with E-state index in [2.05, 4.69) is 27.8 Å². The van der Waals surface area contributed by atoms with E-state index < -0.39 is 0 Å². The van der Waals surface area contributed by atoms with Gasteiger partial charge in [0.25, 0.3) is 0 Å². The number of amides is 1. The molecule has 1 aromatic carbocycles. The molecule has 23 heavy (non-hydrogen) atoms. The zero-order valence-corrected chi connectivity index (χ0v) is 15.1. The summed E-state index contributed by atoms with van der Waals surface area (Å²) in [6, 6.07) is 10.3. The van der Waals surface area contributed by atoms with Gasteiger partial charge in [-0.15, -0.1) is 36.2 Å². The van der Waals surface area contributed by atoms with Gasteiger partial charge in [0.1, 0.15) is 0 Å². The Labute approximate surface area is 152 Å². The first-order valence-corrected chi connectivity index (χ1v) is 8.12. The van der Waals surface area contributed by atoms with E-state index in [0.717, 1.165) is 36.8 Å². The van der Waals surface area contributed by atoms with Gasteiger partial charge in [0, 0.05) is 37.4 Å². The van der Waals surface area contributed by atoms with Crippen molar-refractivity contribution in [1.29, 1.82) is 0 Å². The fourth-order valence-corrected chi connectivity index (χ4v) is 3.09. The molecule has 2 heterocycles. The number of hydrogen-bond acceptors (Lipinski definition) is 4. The van der Waals surface area contributed by atoms with Crippen LogP contribution in [-0.2, 0) is 17.6 Å². The van der Waals surface area contributed by atoms with Crippen molar-refractivity contribution in [2.24, 2.45) is 5.92 Å². The van der Waals surface area contributed by atoms with Gasteiger partial charge in [-0.2, -0.15) is 0 Å². The van der Waals surface area contributed by atoms with Gasteiger partial charge in [-0.3, -0.25) is 4.79 Å². The Balaban J connectivity index is 0.00000132. The van der Waals surface area contributed by atoms with E-state index in [9.17, 15) is 4.79 Å². The molecule has 126 valence electrons. The summed E-state index contributed by atoms with van der Waals surface area (Å²) in [6.07, 6.45) is 1.21. The minimum absolute atomic E-state index is 0. The normalized spacial score (nSPS) is 13.4. The first-order chi connectivity index (χ1) is 10.3. The number of carbonyl (C=O) groups excluding carboxylic acids is 1. The second kappa shape index (κ2) is 9.88. The minimum atomic E-state index is 0. The van der Waals surface area contributed by atoms with Crippen LogP contribution in [0.25, 0.3) is 0 Å². The van der Waals surface area contributed by atoms with E-state index in [-0.39, 0.29) is 30.7 Å². The molecule has 1 aliphatic rings. The van der Waals surface area contributed by atoms with E-state index in [1.54, 1.807) is 11.3 Å². The molecule has 0 atom stereocenters. The monoisotopic (exact) mass is 373 g/mol. The number of carbonyl (C=O) groups is 1. The van der Waals surface area contributed by atoms with Crippen LogP contribution < -0.4 is 10.6 Å². The quantitative estimate of drug-likeness (QED) is 0.817. The lowest BCUT2D eigenvalue weighted by Crippen LogP contribution is -2.48. The number of nitrogens with zero attached hydrogens (tertiary/aromatic N) is 1. The molecule has 0 spiro atoms. The predicted octanol–water partition coefficient (Wildman–Crippen LogP) is 2.46. The number of rotatable bonds is 6. The highest BCUT2D eigenvalue weighted by atomic mass is 35.5. The first kappa shape index (κ1) is 19.9. The van der Waals surface area contributed by atoms with Crippen LogP contribution in [0.15, 0.2) is 35.7 Å². The number of halogens is 2. The van der Waals surface area contributed by atoms with Crippen molar-refractivity contribution >= 4 is 42.1 Å². The third-order valence-corrected chi connectivity index (χ3v) is 4.49. The topological polar surface area (TPSA) is 54.0 Å². The summed E-state index contributed by atoms with van der Waals surface area (Å²) in [5.41, 5.74) is 2.12. The fourth-order valence-electron chi connectivity index (χ4n) is 2.26. The van der Waals surface area contributed by atoms with Gasteiger partial charge in [0.05, 0.1) is 17.1 Å². The van der Waals surface area contributed by atoms with E-state index >= 15 is 0 Å². The van der Waals surface area contributed by atoms with Crippen molar-refractivity contribution in [1.82, 2.24) is 15.6 Å².